The van der Waals surface area contributed by atoms with Gasteiger partial charge in [0.05, 0.1) is 5.56 Å². The Kier molecular flexibility index (Phi) is 3.58. The zero-order chi connectivity index (χ0) is 12.3. The average Bonchev–Trinajstić information content (AvgIpc) is 2.14. The van der Waals surface area contributed by atoms with Crippen LogP contribution in [0.15, 0.2) is 23.4 Å². The molecule has 0 aromatic heterocycles. The number of rotatable bonds is 2. The minimum Gasteiger partial charge on any atom is -0.410 e. The fraction of sp³-hybridized carbons (Fsp3) is 0.125. The van der Waals surface area contributed by atoms with Crippen molar-refractivity contribution in [1.29, 1.82) is 0 Å². The van der Waals surface area contributed by atoms with Crippen LogP contribution in [0.1, 0.15) is 5.56 Å². The Morgan fingerprint density at radius 2 is 2.00 bits per heavy atom. The van der Waals surface area contributed by atoms with Crippen molar-refractivity contribution in [3.05, 3.63) is 29.6 Å². The van der Waals surface area contributed by atoms with Gasteiger partial charge in [-0.3, -0.25) is 0 Å². The van der Waals surface area contributed by atoms with E-state index in [4.69, 9.17) is 16.8 Å². The molecule has 0 aliphatic heterocycles. The number of hydrogen-bond acceptors (Lipinski definition) is 3. The van der Waals surface area contributed by atoms with Gasteiger partial charge >= 0.3 is 6.36 Å². The molecule has 0 amide bonds. The molecule has 0 saturated carbocycles. The van der Waals surface area contributed by atoms with Gasteiger partial charge < -0.3 is 9.94 Å². The molecule has 0 aliphatic rings. The lowest BCUT2D eigenvalue weighted by molar-refractivity contribution is -0.274. The second-order valence-electron chi connectivity index (χ2n) is 2.58. The lowest BCUT2D eigenvalue weighted by Gasteiger charge is -2.09. The van der Waals surface area contributed by atoms with Crippen molar-refractivity contribution in [2.24, 2.45) is 5.16 Å². The molecular formula is C8H4ClF4NO2. The van der Waals surface area contributed by atoms with Crippen molar-refractivity contribution in [2.75, 3.05) is 0 Å². The molecule has 0 aliphatic carbocycles. The molecule has 0 bridgehead atoms. The van der Waals surface area contributed by atoms with Crippen LogP contribution in [0.4, 0.5) is 17.6 Å². The highest BCUT2D eigenvalue weighted by Crippen LogP contribution is 2.25. The molecule has 16 heavy (non-hydrogen) atoms. The summed E-state index contributed by atoms with van der Waals surface area (Å²) in [5, 5.41) is 10.2. The first-order valence-electron chi connectivity index (χ1n) is 3.76. The molecule has 0 atom stereocenters. The quantitative estimate of drug-likeness (QED) is 0.383. The molecule has 1 aromatic carbocycles. The minimum atomic E-state index is -4.90. The van der Waals surface area contributed by atoms with Crippen LogP contribution in [-0.2, 0) is 0 Å². The first-order chi connectivity index (χ1) is 7.33. The van der Waals surface area contributed by atoms with Crippen molar-refractivity contribution in [1.82, 2.24) is 0 Å². The topological polar surface area (TPSA) is 41.8 Å². The third-order valence-electron chi connectivity index (χ3n) is 1.48. The number of nitrogens with zero attached hydrogens (tertiary/aromatic N) is 1. The predicted octanol–water partition coefficient (Wildman–Crippen LogP) is 3.10. The van der Waals surface area contributed by atoms with E-state index in [-0.39, 0.29) is 5.56 Å². The third kappa shape index (κ3) is 3.27. The Bertz CT molecular complexity index is 419. The maximum absolute atomic E-state index is 13.1. The highest BCUT2D eigenvalue weighted by atomic mass is 35.5. The number of oxime groups is 1. The Hall–Kier alpha value is -1.50. The van der Waals surface area contributed by atoms with E-state index >= 15 is 0 Å². The summed E-state index contributed by atoms with van der Waals surface area (Å²) < 4.78 is 51.9. The lowest BCUT2D eigenvalue weighted by Crippen LogP contribution is -2.17. The Morgan fingerprint density at radius 1 is 1.38 bits per heavy atom. The molecule has 8 heteroatoms. The van der Waals surface area contributed by atoms with E-state index in [0.717, 1.165) is 12.1 Å². The van der Waals surface area contributed by atoms with Crippen molar-refractivity contribution < 1.29 is 27.5 Å². The van der Waals surface area contributed by atoms with Gasteiger partial charge in [-0.25, -0.2) is 4.39 Å². The van der Waals surface area contributed by atoms with Gasteiger partial charge in [-0.2, -0.15) is 0 Å². The van der Waals surface area contributed by atoms with Gasteiger partial charge in [0.1, 0.15) is 11.6 Å². The zero-order valence-electron chi connectivity index (χ0n) is 7.42. The van der Waals surface area contributed by atoms with E-state index in [0.29, 0.717) is 6.07 Å². The first kappa shape index (κ1) is 12.6. The molecule has 0 unspecified atom stereocenters. The highest BCUT2D eigenvalue weighted by molar-refractivity contribution is 6.69. The predicted molar refractivity (Wildman–Crippen MR) is 47.3 cm³/mol. The molecule has 88 valence electrons. The maximum Gasteiger partial charge on any atom is 0.573 e. The molecule has 0 heterocycles. The summed E-state index contributed by atoms with van der Waals surface area (Å²) in [6, 6.07) is 2.23. The number of ether oxygens (including phenoxy) is 1. The van der Waals surface area contributed by atoms with E-state index in [1.807, 2.05) is 0 Å². The summed E-state index contributed by atoms with van der Waals surface area (Å²) in [5.74, 6) is -1.82. The summed E-state index contributed by atoms with van der Waals surface area (Å²) in [6.45, 7) is 0. The van der Waals surface area contributed by atoms with Crippen LogP contribution in [0.25, 0.3) is 0 Å². The summed E-state index contributed by atoms with van der Waals surface area (Å²) in [4.78, 5) is 0. The number of alkyl halides is 3. The smallest absolute Gasteiger partial charge is 0.410 e. The highest BCUT2D eigenvalue weighted by Gasteiger charge is 2.31. The van der Waals surface area contributed by atoms with Crippen molar-refractivity contribution in [3.63, 3.8) is 0 Å². The van der Waals surface area contributed by atoms with Gasteiger partial charge in [0.2, 0.25) is 0 Å². The van der Waals surface area contributed by atoms with Gasteiger partial charge in [0.15, 0.2) is 5.17 Å². The van der Waals surface area contributed by atoms with Gasteiger partial charge in [-0.1, -0.05) is 16.8 Å². The summed E-state index contributed by atoms with van der Waals surface area (Å²) in [7, 11) is 0. The molecule has 1 N–H and O–H groups in total. The van der Waals surface area contributed by atoms with Crippen LogP contribution in [0.5, 0.6) is 5.75 Å². The monoisotopic (exact) mass is 257 g/mol. The normalized spacial score (nSPS) is 12.7. The second kappa shape index (κ2) is 4.56. The fourth-order valence-corrected chi connectivity index (χ4v) is 1.07. The largest absolute Gasteiger partial charge is 0.573 e. The Morgan fingerprint density at radius 3 is 2.44 bits per heavy atom. The summed E-state index contributed by atoms with van der Waals surface area (Å²) in [5.41, 5.74) is -0.335. The molecule has 1 aromatic rings. The number of hydrogen-bond donors (Lipinski definition) is 1. The SMILES string of the molecule is O/N=C(\Cl)c1ccc(OC(F)(F)F)cc1F. The standard InChI is InChI=1S/C8H4ClF4NO2/c9-7(14-15)5-2-1-4(3-6(5)10)16-8(11,12)13/h1-3,15H/b14-7-. The second-order valence-corrected chi connectivity index (χ2v) is 2.94. The van der Waals surface area contributed by atoms with E-state index < -0.39 is 23.1 Å². The van der Waals surface area contributed by atoms with Crippen LogP contribution >= 0.6 is 11.6 Å². The van der Waals surface area contributed by atoms with Crippen LogP contribution in [0, 0.1) is 5.82 Å². The van der Waals surface area contributed by atoms with Crippen molar-refractivity contribution >= 4 is 16.8 Å². The van der Waals surface area contributed by atoms with Crippen molar-refractivity contribution in [2.45, 2.75) is 6.36 Å². The molecule has 0 fully saturated rings. The third-order valence-corrected chi connectivity index (χ3v) is 1.76. The zero-order valence-corrected chi connectivity index (χ0v) is 8.18. The number of halogens is 5. The van der Waals surface area contributed by atoms with Crippen LogP contribution in [-0.4, -0.2) is 16.7 Å². The Balaban J connectivity index is 3.00. The maximum atomic E-state index is 13.1. The molecule has 0 spiro atoms. The molecule has 0 radical (unpaired) electrons. The van der Waals surface area contributed by atoms with Gasteiger partial charge in [-0.05, 0) is 12.1 Å². The van der Waals surface area contributed by atoms with Crippen LogP contribution < -0.4 is 4.74 Å². The molecule has 3 nitrogen and oxygen atoms in total. The number of benzene rings is 1. The molecular weight excluding hydrogens is 254 g/mol. The fourth-order valence-electron chi connectivity index (χ4n) is 0.914. The summed E-state index contributed by atoms with van der Waals surface area (Å²) in [6.07, 6.45) is -4.90. The van der Waals surface area contributed by atoms with E-state index in [1.165, 1.54) is 0 Å². The summed E-state index contributed by atoms with van der Waals surface area (Å²) >= 11 is 5.28. The van der Waals surface area contributed by atoms with Gasteiger partial charge in [0, 0.05) is 6.07 Å². The van der Waals surface area contributed by atoms with Crippen LogP contribution in [0.2, 0.25) is 0 Å². The van der Waals surface area contributed by atoms with Crippen LogP contribution in [0.3, 0.4) is 0 Å². The van der Waals surface area contributed by atoms with E-state index in [1.54, 1.807) is 0 Å². The van der Waals surface area contributed by atoms with Gasteiger partial charge in [0.25, 0.3) is 0 Å². The average molecular weight is 258 g/mol. The van der Waals surface area contributed by atoms with E-state index in [9.17, 15) is 17.6 Å². The van der Waals surface area contributed by atoms with Gasteiger partial charge in [-0.15, -0.1) is 13.2 Å². The molecule has 1 rings (SSSR count). The van der Waals surface area contributed by atoms with E-state index in [2.05, 4.69) is 9.89 Å². The Labute approximate surface area is 91.9 Å². The first-order valence-corrected chi connectivity index (χ1v) is 4.14. The molecule has 0 saturated heterocycles. The lowest BCUT2D eigenvalue weighted by atomic mass is 10.2. The minimum absolute atomic E-state index is 0.335. The van der Waals surface area contributed by atoms with Crippen molar-refractivity contribution in [3.8, 4) is 5.75 Å².